The van der Waals surface area contributed by atoms with E-state index in [1.165, 1.54) is 37.5 Å². The molecule has 3 rings (SSSR count). The van der Waals surface area contributed by atoms with Crippen molar-refractivity contribution in [1.29, 1.82) is 0 Å². The Morgan fingerprint density at radius 2 is 1.88 bits per heavy atom. The molecule has 138 valence electrons. The van der Waals surface area contributed by atoms with Crippen LogP contribution in [0.25, 0.3) is 0 Å². The summed E-state index contributed by atoms with van der Waals surface area (Å²) in [5, 5.41) is 0. The number of carbonyl (C=O) groups excluding carboxylic acids is 1. The van der Waals surface area contributed by atoms with E-state index in [1.807, 2.05) is 6.92 Å². The van der Waals surface area contributed by atoms with E-state index < -0.39 is 11.8 Å². The fourth-order valence-corrected chi connectivity index (χ4v) is 3.73. The topological polar surface area (TPSA) is 38.8 Å². The van der Waals surface area contributed by atoms with E-state index in [0.717, 1.165) is 45.3 Å². The summed E-state index contributed by atoms with van der Waals surface area (Å²) in [7, 11) is 0. The van der Waals surface area contributed by atoms with Crippen LogP contribution >= 0.6 is 0 Å². The molecule has 2 fully saturated rings. The van der Waals surface area contributed by atoms with Crippen LogP contribution in [-0.4, -0.2) is 42.7 Å². The van der Waals surface area contributed by atoms with Crippen molar-refractivity contribution in [2.75, 3.05) is 26.2 Å². The normalized spacial score (nSPS) is 20.4. The molecule has 1 aliphatic heterocycles. The van der Waals surface area contributed by atoms with Gasteiger partial charge in [0, 0.05) is 6.54 Å². The summed E-state index contributed by atoms with van der Waals surface area (Å²) in [4.78, 5) is 14.6. The van der Waals surface area contributed by atoms with Crippen molar-refractivity contribution < 1.29 is 18.7 Å². The largest absolute Gasteiger partial charge is 0.484 e. The first-order valence-corrected chi connectivity index (χ1v) is 9.44. The first-order valence-electron chi connectivity index (χ1n) is 9.44. The van der Waals surface area contributed by atoms with Gasteiger partial charge in [-0.2, -0.15) is 0 Å². The van der Waals surface area contributed by atoms with Crippen molar-refractivity contribution in [1.82, 2.24) is 4.90 Å². The molecule has 0 atom stereocenters. The van der Waals surface area contributed by atoms with Gasteiger partial charge in [0.05, 0.1) is 5.56 Å². The second-order valence-corrected chi connectivity index (χ2v) is 7.44. The van der Waals surface area contributed by atoms with Crippen molar-refractivity contribution in [2.24, 2.45) is 0 Å². The Morgan fingerprint density at radius 1 is 1.16 bits per heavy atom. The molecule has 1 saturated heterocycles. The van der Waals surface area contributed by atoms with Gasteiger partial charge in [-0.1, -0.05) is 6.42 Å². The lowest BCUT2D eigenvalue weighted by molar-refractivity contribution is 0.0449. The molecule has 1 heterocycles. The number of hydrogen-bond acceptors (Lipinski definition) is 4. The molecule has 4 nitrogen and oxygen atoms in total. The van der Waals surface area contributed by atoms with E-state index in [2.05, 4.69) is 4.90 Å². The monoisotopic (exact) mass is 349 g/mol. The van der Waals surface area contributed by atoms with Gasteiger partial charge in [0.1, 0.15) is 12.2 Å². The number of benzene rings is 1. The highest BCUT2D eigenvalue weighted by atomic mass is 19.1. The predicted octanol–water partition coefficient (Wildman–Crippen LogP) is 4.18. The van der Waals surface area contributed by atoms with Gasteiger partial charge in [0.25, 0.3) is 0 Å². The molecular weight excluding hydrogens is 321 g/mol. The number of halogens is 1. The van der Waals surface area contributed by atoms with Crippen LogP contribution in [0.15, 0.2) is 18.2 Å². The van der Waals surface area contributed by atoms with Crippen LogP contribution in [0.2, 0.25) is 0 Å². The highest BCUT2D eigenvalue weighted by molar-refractivity contribution is 5.89. The molecule has 0 aromatic heterocycles. The van der Waals surface area contributed by atoms with Gasteiger partial charge in [-0.3, -0.25) is 4.90 Å². The number of esters is 1. The minimum atomic E-state index is -0.432. The summed E-state index contributed by atoms with van der Waals surface area (Å²) in [6.07, 6.45) is 7.73. The Morgan fingerprint density at radius 3 is 2.60 bits per heavy atom. The molecule has 0 bridgehead atoms. The Hall–Kier alpha value is -1.62. The second kappa shape index (κ2) is 8.17. The third-order valence-electron chi connectivity index (χ3n) is 5.27. The predicted molar refractivity (Wildman–Crippen MR) is 94.5 cm³/mol. The number of hydrogen-bond donors (Lipinski definition) is 0. The molecule has 1 aromatic carbocycles. The number of nitrogens with zero attached hydrogens (tertiary/aromatic N) is 1. The number of piperidine rings is 1. The number of carbonyl (C=O) groups is 1. The molecule has 0 amide bonds. The van der Waals surface area contributed by atoms with Crippen molar-refractivity contribution in [2.45, 2.75) is 57.5 Å². The molecule has 1 aliphatic carbocycles. The van der Waals surface area contributed by atoms with Crippen molar-refractivity contribution in [3.8, 4) is 5.75 Å². The maximum atomic E-state index is 14.1. The van der Waals surface area contributed by atoms with Gasteiger partial charge >= 0.3 is 5.97 Å². The Balaban J connectivity index is 1.55. The fraction of sp³-hybridized carbons (Fsp3) is 0.650. The highest BCUT2D eigenvalue weighted by Gasteiger charge is 2.31. The van der Waals surface area contributed by atoms with E-state index in [1.54, 1.807) is 0 Å². The summed E-state index contributed by atoms with van der Waals surface area (Å²) >= 11 is 0. The minimum absolute atomic E-state index is 0.148. The minimum Gasteiger partial charge on any atom is -0.484 e. The molecule has 0 spiro atoms. The average Bonchev–Trinajstić information content (AvgIpc) is 3.04. The summed E-state index contributed by atoms with van der Waals surface area (Å²) in [6, 6.07) is 4.22. The first kappa shape index (κ1) is 18.2. The molecule has 0 N–H and O–H groups in total. The van der Waals surface area contributed by atoms with E-state index in [9.17, 15) is 9.18 Å². The van der Waals surface area contributed by atoms with Gasteiger partial charge in [-0.25, -0.2) is 9.18 Å². The zero-order chi connectivity index (χ0) is 17.7. The number of likely N-dealkylation sites (tertiary alicyclic amines) is 1. The Kier molecular flexibility index (Phi) is 5.94. The maximum Gasteiger partial charge on any atom is 0.338 e. The average molecular weight is 349 g/mol. The van der Waals surface area contributed by atoms with Crippen molar-refractivity contribution in [3.63, 3.8) is 0 Å². The molecule has 1 saturated carbocycles. The Labute approximate surface area is 149 Å². The lowest BCUT2D eigenvalue weighted by Gasteiger charge is -2.26. The molecule has 1 aromatic rings. The number of rotatable bonds is 6. The third-order valence-corrected chi connectivity index (χ3v) is 5.27. The van der Waals surface area contributed by atoms with Crippen LogP contribution in [0.3, 0.4) is 0 Å². The third kappa shape index (κ3) is 4.94. The lowest BCUT2D eigenvalue weighted by atomic mass is 10.1. The van der Waals surface area contributed by atoms with Crippen LogP contribution in [0.1, 0.15) is 62.2 Å². The molecule has 0 unspecified atom stereocenters. The zero-order valence-electron chi connectivity index (χ0n) is 15.1. The summed E-state index contributed by atoms with van der Waals surface area (Å²) in [5.41, 5.74) is 0.00843. The van der Waals surface area contributed by atoms with Crippen LogP contribution < -0.4 is 4.74 Å². The van der Waals surface area contributed by atoms with Crippen molar-refractivity contribution >= 4 is 5.97 Å². The van der Waals surface area contributed by atoms with Gasteiger partial charge in [0.15, 0.2) is 11.6 Å². The highest BCUT2D eigenvalue weighted by Crippen LogP contribution is 2.35. The van der Waals surface area contributed by atoms with Crippen LogP contribution in [0.4, 0.5) is 4.39 Å². The second-order valence-electron chi connectivity index (χ2n) is 7.44. The molecule has 25 heavy (non-hydrogen) atoms. The van der Waals surface area contributed by atoms with Gasteiger partial charge < -0.3 is 9.47 Å². The smallest absolute Gasteiger partial charge is 0.338 e. The lowest BCUT2D eigenvalue weighted by Crippen LogP contribution is -2.33. The fourth-order valence-electron chi connectivity index (χ4n) is 3.73. The van der Waals surface area contributed by atoms with E-state index >= 15 is 0 Å². The van der Waals surface area contributed by atoms with Gasteiger partial charge in [-0.15, -0.1) is 0 Å². The first-order chi connectivity index (χ1) is 12.1. The molecular formula is C20H28FNO3. The number of ether oxygens (including phenoxy) is 2. The Bertz CT molecular complexity index is 593. The standard InChI is InChI=1S/C20H28FNO3/c1-20(9-3-4-10-20)25-18-15-16(7-8-17(18)21)19(23)24-14-13-22-11-5-2-6-12-22/h7-8,15H,2-6,9-14H2,1H3. The molecule has 5 heteroatoms. The van der Waals surface area contributed by atoms with Crippen molar-refractivity contribution in [3.05, 3.63) is 29.6 Å². The molecule has 2 aliphatic rings. The van der Waals surface area contributed by atoms with E-state index in [4.69, 9.17) is 9.47 Å². The zero-order valence-corrected chi connectivity index (χ0v) is 15.1. The quantitative estimate of drug-likeness (QED) is 0.722. The van der Waals surface area contributed by atoms with Crippen LogP contribution in [-0.2, 0) is 4.74 Å². The van der Waals surface area contributed by atoms with Gasteiger partial charge in [-0.05, 0) is 76.7 Å². The van der Waals surface area contributed by atoms with Gasteiger partial charge in [0.2, 0.25) is 0 Å². The SMILES string of the molecule is CC1(Oc2cc(C(=O)OCCN3CCCCC3)ccc2F)CCCC1. The maximum absolute atomic E-state index is 14.1. The summed E-state index contributed by atoms with van der Waals surface area (Å²) in [5.74, 6) is -0.702. The van der Waals surface area contributed by atoms with E-state index in [0.29, 0.717) is 12.2 Å². The molecule has 0 radical (unpaired) electrons. The summed E-state index contributed by atoms with van der Waals surface area (Å²) in [6.45, 7) is 5.27. The summed E-state index contributed by atoms with van der Waals surface area (Å²) < 4.78 is 25.3. The van der Waals surface area contributed by atoms with Crippen LogP contribution in [0.5, 0.6) is 5.75 Å². The van der Waals surface area contributed by atoms with Crippen LogP contribution in [0, 0.1) is 5.82 Å². The van der Waals surface area contributed by atoms with E-state index in [-0.39, 0.29) is 11.4 Å².